The molecule has 2 heterocycles. The summed E-state index contributed by atoms with van der Waals surface area (Å²) in [6.07, 6.45) is 0.236. The molecule has 2 aliphatic rings. The summed E-state index contributed by atoms with van der Waals surface area (Å²) >= 11 is 3.30. The summed E-state index contributed by atoms with van der Waals surface area (Å²) in [5.74, 6) is -0.625. The van der Waals surface area contributed by atoms with Crippen molar-refractivity contribution in [2.24, 2.45) is 0 Å². The van der Waals surface area contributed by atoms with E-state index in [4.69, 9.17) is 14.2 Å². The second kappa shape index (κ2) is 5.19. The Morgan fingerprint density at radius 1 is 1.33 bits per heavy atom. The Bertz CT molecular complexity index is 611. The monoisotopic (exact) mass is 357 g/mol. The second-order valence-corrected chi connectivity index (χ2v) is 5.69. The number of amides is 1. The summed E-state index contributed by atoms with van der Waals surface area (Å²) in [6.45, 7) is 0.350. The lowest BCUT2D eigenvalue weighted by atomic mass is 9.98. The third-order valence-electron chi connectivity index (χ3n) is 3.47. The number of ether oxygens (including phenoxy) is 3. The van der Waals surface area contributed by atoms with E-state index >= 15 is 0 Å². The molecule has 2 N–H and O–H groups in total. The average Bonchev–Trinajstić information content (AvgIpc) is 3.07. The minimum absolute atomic E-state index is 0.0419. The van der Waals surface area contributed by atoms with Crippen molar-refractivity contribution in [3.8, 4) is 11.5 Å². The molecule has 7 nitrogen and oxygen atoms in total. The van der Waals surface area contributed by atoms with Crippen molar-refractivity contribution in [1.29, 1.82) is 0 Å². The van der Waals surface area contributed by atoms with E-state index in [0.717, 1.165) is 0 Å². The van der Waals surface area contributed by atoms with Crippen LogP contribution in [0.2, 0.25) is 0 Å². The molecule has 21 heavy (non-hydrogen) atoms. The van der Waals surface area contributed by atoms with Crippen molar-refractivity contribution in [1.82, 2.24) is 5.32 Å². The molecule has 0 spiro atoms. The second-order valence-electron chi connectivity index (χ2n) is 4.84. The van der Waals surface area contributed by atoms with Crippen molar-refractivity contribution >= 4 is 27.8 Å². The molecule has 3 rings (SSSR count). The standard InChI is InChI=1S/C13H12BrNO6/c14-8-3-7(4-9-10(8)21-6-20-9)11(16)15-13(12(17)18)1-2-19-5-13/h3-4H,1-2,5-6H2,(H,15,16)(H,17,18). The first-order valence-electron chi connectivity index (χ1n) is 6.25. The zero-order valence-corrected chi connectivity index (χ0v) is 12.4. The predicted octanol–water partition coefficient (Wildman–Crippen LogP) is 1.15. The van der Waals surface area contributed by atoms with E-state index in [-0.39, 0.29) is 19.8 Å². The van der Waals surface area contributed by atoms with Gasteiger partial charge in [-0.25, -0.2) is 4.79 Å². The van der Waals surface area contributed by atoms with Crippen LogP contribution in [0.3, 0.4) is 0 Å². The fourth-order valence-electron chi connectivity index (χ4n) is 2.27. The molecular formula is C13H12BrNO6. The van der Waals surface area contributed by atoms with E-state index in [1.54, 1.807) is 6.07 Å². The lowest BCUT2D eigenvalue weighted by molar-refractivity contribution is -0.144. The van der Waals surface area contributed by atoms with Crippen LogP contribution in [-0.4, -0.2) is 42.5 Å². The third kappa shape index (κ3) is 2.44. The van der Waals surface area contributed by atoms with E-state index in [9.17, 15) is 14.7 Å². The van der Waals surface area contributed by atoms with Crippen LogP contribution in [-0.2, 0) is 9.53 Å². The maximum absolute atomic E-state index is 12.3. The number of halogens is 1. The summed E-state index contributed by atoms with van der Waals surface area (Å²) in [5, 5.41) is 11.9. The average molecular weight is 358 g/mol. The number of hydrogen-bond donors (Lipinski definition) is 2. The van der Waals surface area contributed by atoms with E-state index in [1.807, 2.05) is 0 Å². The molecule has 8 heteroatoms. The van der Waals surface area contributed by atoms with Crippen LogP contribution in [0.25, 0.3) is 0 Å². The quantitative estimate of drug-likeness (QED) is 0.842. The summed E-state index contributed by atoms with van der Waals surface area (Å²) in [4.78, 5) is 23.7. The Kier molecular flexibility index (Phi) is 3.50. The Balaban J connectivity index is 1.86. The Morgan fingerprint density at radius 3 is 2.81 bits per heavy atom. The number of nitrogens with one attached hydrogen (secondary N) is 1. The van der Waals surface area contributed by atoms with Gasteiger partial charge in [-0.05, 0) is 28.1 Å². The van der Waals surface area contributed by atoms with Crippen molar-refractivity contribution in [3.63, 3.8) is 0 Å². The molecule has 1 aromatic carbocycles. The van der Waals surface area contributed by atoms with Gasteiger partial charge in [0.05, 0.1) is 11.1 Å². The molecule has 0 saturated carbocycles. The predicted molar refractivity (Wildman–Crippen MR) is 73.5 cm³/mol. The molecule has 0 aliphatic carbocycles. The van der Waals surface area contributed by atoms with Crippen LogP contribution < -0.4 is 14.8 Å². The number of aliphatic carboxylic acids is 1. The lowest BCUT2D eigenvalue weighted by Gasteiger charge is -2.23. The number of fused-ring (bicyclic) bond motifs is 1. The van der Waals surface area contributed by atoms with Crippen LogP contribution in [0, 0.1) is 0 Å². The van der Waals surface area contributed by atoms with Gasteiger partial charge in [0.2, 0.25) is 6.79 Å². The highest BCUT2D eigenvalue weighted by Crippen LogP contribution is 2.40. The Hall–Kier alpha value is -1.80. The SMILES string of the molecule is O=C(NC1(C(=O)O)CCOC1)c1cc(Br)c2c(c1)OCO2. The molecule has 1 unspecified atom stereocenters. The van der Waals surface area contributed by atoms with Gasteiger partial charge in [-0.1, -0.05) is 0 Å². The molecule has 112 valence electrons. The van der Waals surface area contributed by atoms with Crippen LogP contribution in [0.1, 0.15) is 16.8 Å². The largest absolute Gasteiger partial charge is 0.479 e. The van der Waals surface area contributed by atoms with Gasteiger partial charge in [0.15, 0.2) is 17.0 Å². The highest BCUT2D eigenvalue weighted by Gasteiger charge is 2.44. The Labute approximate surface area is 128 Å². The van der Waals surface area contributed by atoms with E-state index < -0.39 is 17.4 Å². The van der Waals surface area contributed by atoms with Crippen LogP contribution in [0.15, 0.2) is 16.6 Å². The highest BCUT2D eigenvalue weighted by molar-refractivity contribution is 9.10. The summed E-state index contributed by atoms with van der Waals surface area (Å²) in [5.41, 5.74) is -1.08. The minimum Gasteiger partial charge on any atom is -0.479 e. The fraction of sp³-hybridized carbons (Fsp3) is 0.385. The smallest absolute Gasteiger partial charge is 0.331 e. The Morgan fingerprint density at radius 2 is 2.14 bits per heavy atom. The molecule has 0 aromatic heterocycles. The number of benzene rings is 1. The topological polar surface area (TPSA) is 94.1 Å². The van der Waals surface area contributed by atoms with Gasteiger partial charge in [-0.15, -0.1) is 0 Å². The van der Waals surface area contributed by atoms with Crippen molar-refractivity contribution < 1.29 is 28.9 Å². The third-order valence-corrected chi connectivity index (χ3v) is 4.06. The van der Waals surface area contributed by atoms with Crippen LogP contribution in [0.4, 0.5) is 0 Å². The number of carbonyl (C=O) groups excluding carboxylic acids is 1. The van der Waals surface area contributed by atoms with E-state index in [1.165, 1.54) is 6.07 Å². The number of hydrogen-bond acceptors (Lipinski definition) is 5. The molecule has 2 aliphatic heterocycles. The maximum Gasteiger partial charge on any atom is 0.331 e. The number of carbonyl (C=O) groups is 2. The van der Waals surface area contributed by atoms with Gasteiger partial charge in [0, 0.05) is 18.6 Å². The molecule has 0 radical (unpaired) electrons. The summed E-state index contributed by atoms with van der Waals surface area (Å²) in [6, 6.07) is 3.09. The zero-order valence-electron chi connectivity index (χ0n) is 10.8. The molecule has 1 atom stereocenters. The zero-order chi connectivity index (χ0) is 15.0. The van der Waals surface area contributed by atoms with Gasteiger partial charge in [-0.3, -0.25) is 4.79 Å². The maximum atomic E-state index is 12.3. The fourth-order valence-corrected chi connectivity index (χ4v) is 2.83. The van der Waals surface area contributed by atoms with E-state index in [2.05, 4.69) is 21.2 Å². The van der Waals surface area contributed by atoms with Gasteiger partial charge in [-0.2, -0.15) is 0 Å². The molecule has 1 amide bonds. The summed E-state index contributed by atoms with van der Waals surface area (Å²) in [7, 11) is 0. The number of carboxylic acids is 1. The highest BCUT2D eigenvalue weighted by atomic mass is 79.9. The van der Waals surface area contributed by atoms with Crippen molar-refractivity contribution in [2.75, 3.05) is 20.0 Å². The van der Waals surface area contributed by atoms with E-state index in [0.29, 0.717) is 28.1 Å². The van der Waals surface area contributed by atoms with Gasteiger partial charge < -0.3 is 24.6 Å². The van der Waals surface area contributed by atoms with Gasteiger partial charge in [0.25, 0.3) is 5.91 Å². The van der Waals surface area contributed by atoms with Gasteiger partial charge in [0.1, 0.15) is 0 Å². The first-order chi connectivity index (χ1) is 10.0. The first kappa shape index (κ1) is 14.2. The molecule has 1 saturated heterocycles. The normalized spacial score (nSPS) is 23.1. The van der Waals surface area contributed by atoms with Crippen molar-refractivity contribution in [2.45, 2.75) is 12.0 Å². The molecule has 1 fully saturated rings. The summed E-state index contributed by atoms with van der Waals surface area (Å²) < 4.78 is 16.2. The lowest BCUT2D eigenvalue weighted by Crippen LogP contribution is -2.55. The molecule has 0 bridgehead atoms. The van der Waals surface area contributed by atoms with Crippen LogP contribution in [0.5, 0.6) is 11.5 Å². The van der Waals surface area contributed by atoms with Gasteiger partial charge >= 0.3 is 5.97 Å². The number of carboxylic acid groups (broad SMARTS) is 1. The van der Waals surface area contributed by atoms with Crippen LogP contribution >= 0.6 is 15.9 Å². The van der Waals surface area contributed by atoms with Crippen molar-refractivity contribution in [3.05, 3.63) is 22.2 Å². The first-order valence-corrected chi connectivity index (χ1v) is 7.04. The minimum atomic E-state index is -1.38. The number of rotatable bonds is 3. The molecular weight excluding hydrogens is 346 g/mol. The molecule has 1 aromatic rings.